The third-order valence-electron chi connectivity index (χ3n) is 2.99. The Bertz CT molecular complexity index is 427. The van der Waals surface area contributed by atoms with Gasteiger partial charge in [-0.1, -0.05) is 36.9 Å². The molecule has 1 amide bonds. The van der Waals surface area contributed by atoms with Gasteiger partial charge in [-0.3, -0.25) is 4.90 Å². The largest absolute Gasteiger partial charge is 0.436 e. The average Bonchev–Trinajstić information content (AvgIpc) is 2.44. The minimum atomic E-state index is -0.618. The number of hydrogen-bond donors (Lipinski definition) is 0. The summed E-state index contributed by atoms with van der Waals surface area (Å²) in [5.74, 6) is 0. The third-order valence-corrected chi connectivity index (χ3v) is 2.99. The number of amides is 1. The Balaban J connectivity index is 2.22. The molecule has 1 aromatic carbocycles. The molecular weight excluding hydrogens is 202 g/mol. The van der Waals surface area contributed by atoms with Gasteiger partial charge < -0.3 is 4.74 Å². The van der Waals surface area contributed by atoms with Crippen molar-refractivity contribution >= 4 is 6.09 Å². The highest BCUT2D eigenvalue weighted by Crippen LogP contribution is 2.33. The van der Waals surface area contributed by atoms with Crippen LogP contribution in [-0.2, 0) is 11.2 Å². The number of hydrogen-bond acceptors (Lipinski definition) is 2. The molecule has 0 radical (unpaired) electrons. The molecule has 1 fully saturated rings. The predicted octanol–water partition coefficient (Wildman–Crippen LogP) is 2.58. The molecule has 84 valence electrons. The summed E-state index contributed by atoms with van der Waals surface area (Å²) in [6.07, 6.45) is 0.325. The fraction of sp³-hybridized carbons (Fsp3) is 0.308. The SMILES string of the molecule is C=C1N(C)C(=O)O[C@@]1(C)Cc1ccccc1. The van der Waals surface area contributed by atoms with Crippen molar-refractivity contribution in [3.8, 4) is 0 Å². The molecule has 3 nitrogen and oxygen atoms in total. The predicted molar refractivity (Wildman–Crippen MR) is 61.9 cm³/mol. The lowest BCUT2D eigenvalue weighted by atomic mass is 9.94. The van der Waals surface area contributed by atoms with Gasteiger partial charge in [0.1, 0.15) is 0 Å². The fourth-order valence-electron chi connectivity index (χ4n) is 1.91. The average molecular weight is 217 g/mol. The Morgan fingerprint density at radius 1 is 1.38 bits per heavy atom. The van der Waals surface area contributed by atoms with Gasteiger partial charge in [0.05, 0.1) is 5.70 Å². The molecule has 1 aromatic rings. The van der Waals surface area contributed by atoms with Crippen LogP contribution < -0.4 is 0 Å². The van der Waals surface area contributed by atoms with Crippen molar-refractivity contribution in [3.05, 3.63) is 48.2 Å². The normalized spacial score (nSPS) is 24.8. The van der Waals surface area contributed by atoms with Crippen molar-refractivity contribution in [2.75, 3.05) is 7.05 Å². The van der Waals surface area contributed by atoms with Crippen LogP contribution in [0.4, 0.5) is 4.79 Å². The first-order valence-corrected chi connectivity index (χ1v) is 5.23. The van der Waals surface area contributed by atoms with E-state index in [0.29, 0.717) is 12.1 Å². The maximum atomic E-state index is 11.4. The minimum absolute atomic E-state index is 0.330. The summed E-state index contributed by atoms with van der Waals surface area (Å²) in [5, 5.41) is 0. The van der Waals surface area contributed by atoms with Crippen molar-refractivity contribution in [2.45, 2.75) is 18.9 Å². The van der Waals surface area contributed by atoms with E-state index in [4.69, 9.17) is 4.74 Å². The molecule has 1 heterocycles. The quantitative estimate of drug-likeness (QED) is 0.762. The van der Waals surface area contributed by atoms with Crippen LogP contribution in [0.5, 0.6) is 0 Å². The Kier molecular flexibility index (Phi) is 2.46. The second kappa shape index (κ2) is 3.67. The molecule has 0 saturated carbocycles. The monoisotopic (exact) mass is 217 g/mol. The maximum absolute atomic E-state index is 11.4. The van der Waals surface area contributed by atoms with Crippen LogP contribution >= 0.6 is 0 Å². The lowest BCUT2D eigenvalue weighted by molar-refractivity contribution is 0.0823. The van der Waals surface area contributed by atoms with Gasteiger partial charge in [0.2, 0.25) is 0 Å². The van der Waals surface area contributed by atoms with Gasteiger partial charge >= 0.3 is 6.09 Å². The highest BCUT2D eigenvalue weighted by Gasteiger charge is 2.43. The van der Waals surface area contributed by atoms with Crippen molar-refractivity contribution in [1.29, 1.82) is 0 Å². The summed E-state index contributed by atoms with van der Waals surface area (Å²) >= 11 is 0. The number of nitrogens with zero attached hydrogens (tertiary/aromatic N) is 1. The first kappa shape index (κ1) is 10.7. The zero-order valence-corrected chi connectivity index (χ0v) is 9.56. The van der Waals surface area contributed by atoms with Crippen LogP contribution in [-0.4, -0.2) is 23.6 Å². The van der Waals surface area contributed by atoms with E-state index in [1.807, 2.05) is 37.3 Å². The second-order valence-electron chi connectivity index (χ2n) is 4.27. The molecule has 1 aliphatic heterocycles. The first-order valence-electron chi connectivity index (χ1n) is 5.23. The van der Waals surface area contributed by atoms with E-state index >= 15 is 0 Å². The molecule has 1 atom stereocenters. The van der Waals surface area contributed by atoms with Crippen molar-refractivity contribution < 1.29 is 9.53 Å². The van der Waals surface area contributed by atoms with E-state index in [-0.39, 0.29) is 6.09 Å². The van der Waals surface area contributed by atoms with Gasteiger partial charge in [0.15, 0.2) is 5.60 Å². The molecule has 3 heteroatoms. The number of benzene rings is 1. The summed E-state index contributed by atoms with van der Waals surface area (Å²) in [5.41, 5.74) is 1.23. The van der Waals surface area contributed by atoms with Crippen molar-refractivity contribution in [1.82, 2.24) is 4.90 Å². The molecule has 0 unspecified atom stereocenters. The molecule has 0 bridgehead atoms. The van der Waals surface area contributed by atoms with Gasteiger partial charge in [-0.05, 0) is 12.5 Å². The molecule has 16 heavy (non-hydrogen) atoms. The van der Waals surface area contributed by atoms with Crippen LogP contribution in [0.25, 0.3) is 0 Å². The van der Waals surface area contributed by atoms with Gasteiger partial charge in [-0.15, -0.1) is 0 Å². The van der Waals surface area contributed by atoms with Crippen LogP contribution in [0, 0.1) is 0 Å². The summed E-state index contributed by atoms with van der Waals surface area (Å²) in [7, 11) is 1.68. The fourth-order valence-corrected chi connectivity index (χ4v) is 1.91. The Morgan fingerprint density at radius 3 is 2.50 bits per heavy atom. The van der Waals surface area contributed by atoms with Crippen LogP contribution in [0.1, 0.15) is 12.5 Å². The van der Waals surface area contributed by atoms with E-state index in [1.54, 1.807) is 7.05 Å². The van der Waals surface area contributed by atoms with Crippen molar-refractivity contribution in [3.63, 3.8) is 0 Å². The maximum Gasteiger partial charge on any atom is 0.414 e. The van der Waals surface area contributed by atoms with E-state index < -0.39 is 5.60 Å². The lowest BCUT2D eigenvalue weighted by Crippen LogP contribution is -2.29. The van der Waals surface area contributed by atoms with E-state index in [1.165, 1.54) is 4.90 Å². The van der Waals surface area contributed by atoms with E-state index in [0.717, 1.165) is 5.56 Å². The zero-order valence-electron chi connectivity index (χ0n) is 9.56. The smallest absolute Gasteiger partial charge is 0.414 e. The molecular formula is C13H15NO2. The van der Waals surface area contributed by atoms with E-state index in [9.17, 15) is 4.79 Å². The number of ether oxygens (including phenoxy) is 1. The molecule has 1 saturated heterocycles. The summed E-state index contributed by atoms with van der Waals surface area (Å²) in [4.78, 5) is 12.9. The number of rotatable bonds is 2. The third kappa shape index (κ3) is 1.69. The summed E-state index contributed by atoms with van der Waals surface area (Å²) in [6.45, 7) is 5.81. The Morgan fingerprint density at radius 2 is 2.00 bits per heavy atom. The molecule has 0 spiro atoms. The summed E-state index contributed by atoms with van der Waals surface area (Å²) < 4.78 is 5.36. The molecule has 0 aromatic heterocycles. The highest BCUT2D eigenvalue weighted by molar-refractivity contribution is 5.74. The van der Waals surface area contributed by atoms with Crippen molar-refractivity contribution in [2.24, 2.45) is 0 Å². The van der Waals surface area contributed by atoms with Gasteiger partial charge in [0, 0.05) is 13.5 Å². The number of likely N-dealkylation sites (N-methyl/N-ethyl adjacent to an activating group) is 1. The number of carbonyl (C=O) groups is 1. The topological polar surface area (TPSA) is 29.5 Å². The van der Waals surface area contributed by atoms with Crippen LogP contribution in [0.2, 0.25) is 0 Å². The molecule has 1 aliphatic rings. The molecule has 0 N–H and O–H groups in total. The van der Waals surface area contributed by atoms with Gasteiger partial charge in [-0.2, -0.15) is 0 Å². The highest BCUT2D eigenvalue weighted by atomic mass is 16.6. The molecule has 0 aliphatic carbocycles. The van der Waals surface area contributed by atoms with Gasteiger partial charge in [0.25, 0.3) is 0 Å². The summed E-state index contributed by atoms with van der Waals surface area (Å²) in [6, 6.07) is 9.95. The van der Waals surface area contributed by atoms with Crippen LogP contribution in [0.15, 0.2) is 42.6 Å². The molecule has 2 rings (SSSR count). The zero-order chi connectivity index (χ0) is 11.8. The lowest BCUT2D eigenvalue weighted by Gasteiger charge is -2.23. The van der Waals surface area contributed by atoms with Gasteiger partial charge in [-0.25, -0.2) is 4.79 Å². The Hall–Kier alpha value is -1.77. The number of cyclic esters (lactones) is 1. The Labute approximate surface area is 95.3 Å². The standard InChI is InChI=1S/C13H15NO2/c1-10-13(2,16-12(15)14(10)3)9-11-7-5-4-6-8-11/h4-8H,1,9H2,2-3H3/t13-/m0/s1. The first-order chi connectivity index (χ1) is 7.53. The number of carbonyl (C=O) groups excluding carboxylic acids is 1. The minimum Gasteiger partial charge on any atom is -0.436 e. The van der Waals surface area contributed by atoms with E-state index in [2.05, 4.69) is 6.58 Å². The van der Waals surface area contributed by atoms with Crippen LogP contribution in [0.3, 0.4) is 0 Å². The second-order valence-corrected chi connectivity index (χ2v) is 4.27.